The minimum Gasteiger partial charge on any atom is -0.451 e. The summed E-state index contributed by atoms with van der Waals surface area (Å²) in [6, 6.07) is 11.9. The second kappa shape index (κ2) is 8.53. The molecule has 0 saturated heterocycles. The molecule has 3 rings (SSSR count). The maximum atomic E-state index is 12.3. The molecule has 142 valence electrons. The van der Waals surface area contributed by atoms with Gasteiger partial charge >= 0.3 is 5.97 Å². The van der Waals surface area contributed by atoms with Crippen molar-refractivity contribution in [2.24, 2.45) is 0 Å². The summed E-state index contributed by atoms with van der Waals surface area (Å²) < 4.78 is 5.10. The average molecular weight is 395 g/mol. The molecular formula is C20H17N3O4S. The number of ether oxygens (including phenoxy) is 1. The topological polar surface area (TPSA) is 98.2 Å². The number of aryl methyl sites for hydroxylation is 1. The fourth-order valence-corrected chi connectivity index (χ4v) is 3.30. The number of carbonyl (C=O) groups is 3. The molecule has 7 nitrogen and oxygen atoms in total. The Morgan fingerprint density at radius 3 is 2.50 bits per heavy atom. The molecule has 28 heavy (non-hydrogen) atoms. The highest BCUT2D eigenvalue weighted by molar-refractivity contribution is 7.17. The summed E-state index contributed by atoms with van der Waals surface area (Å²) in [6.45, 7) is 2.74. The molecule has 0 spiro atoms. The van der Waals surface area contributed by atoms with Gasteiger partial charge in [0.2, 0.25) is 0 Å². The van der Waals surface area contributed by atoms with Crippen LogP contribution in [0.15, 0.2) is 48.7 Å². The molecule has 2 aromatic heterocycles. The van der Waals surface area contributed by atoms with Gasteiger partial charge < -0.3 is 10.1 Å². The van der Waals surface area contributed by atoms with Crippen molar-refractivity contribution in [3.63, 3.8) is 0 Å². The zero-order valence-corrected chi connectivity index (χ0v) is 16.1. The van der Waals surface area contributed by atoms with E-state index in [1.54, 1.807) is 49.5 Å². The van der Waals surface area contributed by atoms with E-state index < -0.39 is 18.5 Å². The van der Waals surface area contributed by atoms with Crippen LogP contribution in [0.25, 0.3) is 10.7 Å². The van der Waals surface area contributed by atoms with Gasteiger partial charge in [-0.15, -0.1) is 11.3 Å². The number of rotatable bonds is 6. The van der Waals surface area contributed by atoms with Crippen LogP contribution in [-0.2, 0) is 9.53 Å². The Labute approximate surface area is 165 Å². The molecule has 0 unspecified atom stereocenters. The van der Waals surface area contributed by atoms with E-state index in [2.05, 4.69) is 15.3 Å². The second-order valence-electron chi connectivity index (χ2n) is 5.91. The summed E-state index contributed by atoms with van der Waals surface area (Å²) in [5.41, 5.74) is 2.25. The maximum absolute atomic E-state index is 12.3. The molecule has 2 heterocycles. The zero-order chi connectivity index (χ0) is 20.1. The monoisotopic (exact) mass is 395 g/mol. The minimum atomic E-state index is -0.612. The third-order valence-corrected chi connectivity index (χ3v) is 4.94. The Hall–Kier alpha value is -3.39. The number of hydrogen-bond donors (Lipinski definition) is 1. The van der Waals surface area contributed by atoms with Crippen molar-refractivity contribution >= 4 is 34.7 Å². The number of Topliss-reactive ketones (excluding diaryl/α,β-unsaturated/α-hetero) is 1. The molecule has 0 bridgehead atoms. The maximum Gasteiger partial charge on any atom is 0.350 e. The molecular weight excluding hydrogens is 378 g/mol. The number of benzene rings is 1. The molecule has 0 aliphatic carbocycles. The second-order valence-corrected chi connectivity index (χ2v) is 6.91. The zero-order valence-electron chi connectivity index (χ0n) is 15.3. The van der Waals surface area contributed by atoms with E-state index in [1.807, 2.05) is 6.07 Å². The fourth-order valence-electron chi connectivity index (χ4n) is 2.37. The highest BCUT2D eigenvalue weighted by atomic mass is 32.1. The molecule has 8 heteroatoms. The molecule has 0 fully saturated rings. The molecule has 0 aliphatic rings. The Morgan fingerprint density at radius 2 is 1.86 bits per heavy atom. The summed E-state index contributed by atoms with van der Waals surface area (Å²) >= 11 is 1.17. The molecule has 0 saturated carbocycles. The van der Waals surface area contributed by atoms with Gasteiger partial charge in [-0.3, -0.25) is 14.6 Å². The predicted molar refractivity (Wildman–Crippen MR) is 105 cm³/mol. The van der Waals surface area contributed by atoms with Gasteiger partial charge in [-0.1, -0.05) is 6.07 Å². The van der Waals surface area contributed by atoms with Crippen LogP contribution < -0.4 is 5.32 Å². The molecule has 0 atom stereocenters. The van der Waals surface area contributed by atoms with Gasteiger partial charge in [-0.05, 0) is 50.2 Å². The van der Waals surface area contributed by atoms with E-state index in [0.29, 0.717) is 32.5 Å². The number of hydrogen-bond acceptors (Lipinski definition) is 7. The van der Waals surface area contributed by atoms with Crippen LogP contribution in [0, 0.1) is 6.92 Å². The lowest BCUT2D eigenvalue weighted by atomic mass is 10.1. The number of ketones is 1. The standard InChI is InChI=1S/C20H17N3O4S/c1-12-18(28-19(22-12)16-5-3-4-10-21-16)20(26)27-11-17(25)23-15-8-6-14(7-9-15)13(2)24/h3-10H,11H2,1-2H3,(H,23,25). The number of pyridine rings is 1. The van der Waals surface area contributed by atoms with Crippen LogP contribution in [-0.4, -0.2) is 34.2 Å². The number of anilines is 1. The van der Waals surface area contributed by atoms with E-state index in [4.69, 9.17) is 4.74 Å². The Bertz CT molecular complexity index is 1010. The van der Waals surface area contributed by atoms with Gasteiger partial charge in [0.25, 0.3) is 5.91 Å². The smallest absolute Gasteiger partial charge is 0.350 e. The first kappa shape index (κ1) is 19.4. The summed E-state index contributed by atoms with van der Waals surface area (Å²) in [6.07, 6.45) is 1.65. The highest BCUT2D eigenvalue weighted by Gasteiger charge is 2.19. The van der Waals surface area contributed by atoms with Crippen LogP contribution >= 0.6 is 11.3 Å². The van der Waals surface area contributed by atoms with Gasteiger partial charge in [0.1, 0.15) is 9.88 Å². The predicted octanol–water partition coefficient (Wildman–Crippen LogP) is 3.51. The van der Waals surface area contributed by atoms with E-state index >= 15 is 0 Å². The molecule has 3 aromatic rings. The van der Waals surface area contributed by atoms with E-state index in [0.717, 1.165) is 0 Å². The van der Waals surface area contributed by atoms with Gasteiger partial charge in [0, 0.05) is 17.4 Å². The van der Waals surface area contributed by atoms with Crippen LogP contribution in [0.3, 0.4) is 0 Å². The van der Waals surface area contributed by atoms with Crippen molar-refractivity contribution < 1.29 is 19.1 Å². The minimum absolute atomic E-state index is 0.0585. The number of amides is 1. The summed E-state index contributed by atoms with van der Waals surface area (Å²) in [7, 11) is 0. The van der Waals surface area contributed by atoms with Crippen molar-refractivity contribution in [2.45, 2.75) is 13.8 Å². The Morgan fingerprint density at radius 1 is 1.11 bits per heavy atom. The molecule has 1 aromatic carbocycles. The van der Waals surface area contributed by atoms with Gasteiger partial charge in [-0.25, -0.2) is 9.78 Å². The van der Waals surface area contributed by atoms with Crippen molar-refractivity contribution in [2.75, 3.05) is 11.9 Å². The summed E-state index contributed by atoms with van der Waals surface area (Å²) in [5.74, 6) is -1.15. The molecule has 1 N–H and O–H groups in total. The molecule has 0 radical (unpaired) electrons. The number of thiazole rings is 1. The van der Waals surface area contributed by atoms with Crippen LogP contribution in [0.1, 0.15) is 32.6 Å². The van der Waals surface area contributed by atoms with Gasteiger partial charge in [-0.2, -0.15) is 0 Å². The number of aromatic nitrogens is 2. The third kappa shape index (κ3) is 4.66. The SMILES string of the molecule is CC(=O)c1ccc(NC(=O)COC(=O)c2sc(-c3ccccn3)nc2C)cc1. The summed E-state index contributed by atoms with van der Waals surface area (Å²) in [4.78, 5) is 44.4. The van der Waals surface area contributed by atoms with E-state index in [1.165, 1.54) is 18.3 Å². The first-order valence-corrected chi connectivity index (χ1v) is 9.22. The first-order chi connectivity index (χ1) is 13.4. The van der Waals surface area contributed by atoms with Crippen LogP contribution in [0.4, 0.5) is 5.69 Å². The van der Waals surface area contributed by atoms with E-state index in [-0.39, 0.29) is 5.78 Å². The van der Waals surface area contributed by atoms with Crippen molar-refractivity contribution in [1.29, 1.82) is 0 Å². The third-order valence-electron chi connectivity index (χ3n) is 3.78. The fraction of sp³-hybridized carbons (Fsp3) is 0.150. The Balaban J connectivity index is 1.58. The first-order valence-electron chi connectivity index (χ1n) is 8.41. The number of nitrogens with one attached hydrogen (secondary N) is 1. The lowest BCUT2D eigenvalue weighted by Gasteiger charge is -2.06. The van der Waals surface area contributed by atoms with Gasteiger partial charge in [0.15, 0.2) is 12.4 Å². The van der Waals surface area contributed by atoms with Crippen molar-refractivity contribution in [3.8, 4) is 10.7 Å². The quantitative estimate of drug-likeness (QED) is 0.507. The average Bonchev–Trinajstić information content (AvgIpc) is 3.09. The Kier molecular flexibility index (Phi) is 5.90. The number of esters is 1. The van der Waals surface area contributed by atoms with Crippen molar-refractivity contribution in [3.05, 3.63) is 64.8 Å². The molecule has 1 amide bonds. The highest BCUT2D eigenvalue weighted by Crippen LogP contribution is 2.26. The lowest BCUT2D eigenvalue weighted by molar-refractivity contribution is -0.119. The number of nitrogens with zero attached hydrogens (tertiary/aromatic N) is 2. The van der Waals surface area contributed by atoms with Crippen molar-refractivity contribution in [1.82, 2.24) is 9.97 Å². The normalized spacial score (nSPS) is 10.4. The van der Waals surface area contributed by atoms with Crippen LogP contribution in [0.2, 0.25) is 0 Å². The van der Waals surface area contributed by atoms with Crippen LogP contribution in [0.5, 0.6) is 0 Å². The lowest BCUT2D eigenvalue weighted by Crippen LogP contribution is -2.20. The summed E-state index contributed by atoms with van der Waals surface area (Å²) in [5, 5.41) is 3.22. The largest absolute Gasteiger partial charge is 0.451 e. The van der Waals surface area contributed by atoms with Gasteiger partial charge in [0.05, 0.1) is 11.4 Å². The van der Waals surface area contributed by atoms with E-state index in [9.17, 15) is 14.4 Å². The molecule has 0 aliphatic heterocycles. The number of carbonyl (C=O) groups excluding carboxylic acids is 3.